The van der Waals surface area contributed by atoms with Crippen LogP contribution in [0, 0.1) is 28.6 Å². The fourth-order valence-corrected chi connectivity index (χ4v) is 10.4. The molecule has 1 aliphatic heterocycles. The Bertz CT molecular complexity index is 1410. The van der Waals surface area contributed by atoms with Crippen LogP contribution in [0.3, 0.4) is 0 Å². The molecule has 0 radical (unpaired) electrons. The van der Waals surface area contributed by atoms with E-state index in [1.807, 2.05) is 20.8 Å². The number of carbonyl (C=O) groups excluding carboxylic acids is 5. The van der Waals surface area contributed by atoms with Gasteiger partial charge in [0.05, 0.1) is 22.1 Å². The minimum atomic E-state index is -3.56. The van der Waals surface area contributed by atoms with Crippen molar-refractivity contribution >= 4 is 39.4 Å². The molecule has 0 aromatic rings. The number of primary amides is 1. The highest BCUT2D eigenvalue weighted by atomic mass is 32.2. The van der Waals surface area contributed by atoms with Gasteiger partial charge in [0.2, 0.25) is 17.6 Å². The van der Waals surface area contributed by atoms with Crippen molar-refractivity contribution in [3.63, 3.8) is 0 Å². The molecule has 4 saturated carbocycles. The summed E-state index contributed by atoms with van der Waals surface area (Å²) in [4.78, 5) is 68.6. The number of amides is 5. The molecule has 48 heavy (non-hydrogen) atoms. The van der Waals surface area contributed by atoms with E-state index in [9.17, 15) is 32.4 Å². The predicted octanol–water partition coefficient (Wildman–Crippen LogP) is 2.97. The Labute approximate surface area is 285 Å². The lowest BCUT2D eigenvalue weighted by atomic mass is 9.83. The summed E-state index contributed by atoms with van der Waals surface area (Å²) in [6, 6.07) is -3.49. The van der Waals surface area contributed by atoms with Gasteiger partial charge in [-0.3, -0.25) is 19.2 Å². The number of carbonyl (C=O) groups is 5. The molecule has 0 aromatic heterocycles. The standard InChI is InChI=1S/C35H57N5O7S/c1-32(2,3)27(38-31(45)39-34(14-8-7-9-15-34)20-48(46,47)33(4,5)6)30(44)40-19-22-24(35(22)16-10-11-17-35)25(40)29(43)37-23(18-21-12-13-21)26(41)28(36)42/h21-25,27H,7-20H2,1-6H3,(H2,36,42)(H,37,43)(H2,38,39,45)/t22-,23?,24-,25-,27+/m0/s1. The van der Waals surface area contributed by atoms with Crippen molar-refractivity contribution in [1.29, 1.82) is 0 Å². The van der Waals surface area contributed by atoms with Gasteiger partial charge in [-0.2, -0.15) is 0 Å². The summed E-state index contributed by atoms with van der Waals surface area (Å²) in [7, 11) is -3.56. The van der Waals surface area contributed by atoms with Crippen LogP contribution in [-0.2, 0) is 29.0 Å². The molecule has 0 bridgehead atoms. The quantitative estimate of drug-likeness (QED) is 0.240. The van der Waals surface area contributed by atoms with Gasteiger partial charge >= 0.3 is 6.03 Å². The van der Waals surface area contributed by atoms with E-state index < -0.39 is 73.2 Å². The van der Waals surface area contributed by atoms with Gasteiger partial charge in [-0.15, -0.1) is 0 Å². The Balaban J connectivity index is 1.37. The summed E-state index contributed by atoms with van der Waals surface area (Å²) in [6.45, 7) is 10.9. The summed E-state index contributed by atoms with van der Waals surface area (Å²) in [5.74, 6) is -2.61. The SMILES string of the molecule is CC(C)(C)[C@H](NC(=O)NC1(CS(=O)(=O)C(C)(C)C)CCCCC1)C(=O)N1C[C@H]2[C@@H]([C@H]1C(=O)NC(CC1CC1)C(=O)C(N)=O)C21CCCC1. The molecule has 270 valence electrons. The zero-order valence-corrected chi connectivity index (χ0v) is 30.5. The lowest BCUT2D eigenvalue weighted by molar-refractivity contribution is -0.145. The molecule has 0 aromatic carbocycles. The van der Waals surface area contributed by atoms with Crippen LogP contribution in [-0.4, -0.2) is 83.6 Å². The van der Waals surface area contributed by atoms with Crippen molar-refractivity contribution in [2.24, 2.45) is 34.3 Å². The fourth-order valence-electron chi connectivity index (χ4n) is 8.91. The molecule has 4 aliphatic carbocycles. The van der Waals surface area contributed by atoms with E-state index in [2.05, 4.69) is 16.0 Å². The van der Waals surface area contributed by atoms with Gasteiger partial charge in [-0.1, -0.05) is 65.7 Å². The molecule has 5 rings (SSSR count). The van der Waals surface area contributed by atoms with Crippen LogP contribution in [0.2, 0.25) is 0 Å². The second-order valence-corrected chi connectivity index (χ2v) is 20.3. The van der Waals surface area contributed by atoms with Crippen LogP contribution in [0.4, 0.5) is 4.79 Å². The summed E-state index contributed by atoms with van der Waals surface area (Å²) < 4.78 is 25.6. The summed E-state index contributed by atoms with van der Waals surface area (Å²) in [5, 5.41) is 8.75. The van der Waals surface area contributed by atoms with Gasteiger partial charge < -0.3 is 26.6 Å². The topological polar surface area (TPSA) is 185 Å². The largest absolute Gasteiger partial charge is 0.363 e. The maximum atomic E-state index is 14.5. The Hall–Kier alpha value is -2.70. The van der Waals surface area contributed by atoms with Crippen LogP contribution in [0.1, 0.15) is 119 Å². The number of rotatable bonds is 11. The van der Waals surface area contributed by atoms with Crippen LogP contribution in [0.25, 0.3) is 0 Å². The highest BCUT2D eigenvalue weighted by Crippen LogP contribution is 2.72. The minimum absolute atomic E-state index is 0.00753. The third kappa shape index (κ3) is 7.26. The molecule has 5 amide bonds. The highest BCUT2D eigenvalue weighted by Gasteiger charge is 2.74. The highest BCUT2D eigenvalue weighted by molar-refractivity contribution is 7.92. The average molecular weight is 692 g/mol. The predicted molar refractivity (Wildman–Crippen MR) is 181 cm³/mol. The molecule has 5 N–H and O–H groups in total. The van der Waals surface area contributed by atoms with Gasteiger partial charge in [-0.05, 0) is 81.5 Å². The van der Waals surface area contributed by atoms with E-state index in [4.69, 9.17) is 5.73 Å². The smallest absolute Gasteiger partial charge is 0.315 e. The Morgan fingerprint density at radius 3 is 1.98 bits per heavy atom. The number of nitrogens with two attached hydrogens (primary N) is 1. The molecule has 5 atom stereocenters. The normalized spacial score (nSPS) is 27.5. The van der Waals surface area contributed by atoms with Crippen LogP contribution in [0.15, 0.2) is 0 Å². The van der Waals surface area contributed by atoms with E-state index in [-0.39, 0.29) is 28.9 Å². The molecule has 1 unspecified atom stereocenters. The van der Waals surface area contributed by atoms with Gasteiger partial charge in [0.15, 0.2) is 9.84 Å². The number of hydrogen-bond donors (Lipinski definition) is 4. The van der Waals surface area contributed by atoms with Crippen molar-refractivity contribution in [3.8, 4) is 0 Å². The number of fused-ring (bicyclic) bond motifs is 3. The molecule has 1 heterocycles. The molecule has 5 fully saturated rings. The lowest BCUT2D eigenvalue weighted by Gasteiger charge is -2.41. The molecule has 1 saturated heterocycles. The first kappa shape index (κ1) is 36.6. The van der Waals surface area contributed by atoms with E-state index >= 15 is 0 Å². The summed E-state index contributed by atoms with van der Waals surface area (Å²) in [6.07, 6.45) is 9.88. The number of sulfone groups is 1. The maximum Gasteiger partial charge on any atom is 0.315 e. The van der Waals surface area contributed by atoms with Crippen molar-refractivity contribution in [2.45, 2.75) is 147 Å². The van der Waals surface area contributed by atoms with Crippen molar-refractivity contribution in [3.05, 3.63) is 0 Å². The van der Waals surface area contributed by atoms with E-state index in [1.54, 1.807) is 25.7 Å². The molecule has 12 nitrogen and oxygen atoms in total. The number of urea groups is 1. The fraction of sp³-hybridized carbons (Fsp3) is 0.857. The van der Waals surface area contributed by atoms with Crippen molar-refractivity contribution in [1.82, 2.24) is 20.9 Å². The van der Waals surface area contributed by atoms with Gasteiger partial charge in [0, 0.05) is 6.54 Å². The molecule has 1 spiro atoms. The number of nitrogens with zero attached hydrogens (tertiary/aromatic N) is 1. The Morgan fingerprint density at radius 2 is 1.46 bits per heavy atom. The minimum Gasteiger partial charge on any atom is -0.363 e. The average Bonchev–Trinajstić information content (AvgIpc) is 3.75. The monoisotopic (exact) mass is 691 g/mol. The molecular formula is C35H57N5O7S. The number of Topliss-reactive ketones (excluding diaryl/α,β-unsaturated/α-hetero) is 1. The van der Waals surface area contributed by atoms with E-state index in [0.717, 1.165) is 57.8 Å². The van der Waals surface area contributed by atoms with Gasteiger partial charge in [-0.25, -0.2) is 13.2 Å². The summed E-state index contributed by atoms with van der Waals surface area (Å²) >= 11 is 0. The molecule has 5 aliphatic rings. The Morgan fingerprint density at radius 1 is 0.875 bits per heavy atom. The van der Waals surface area contributed by atoms with E-state index in [1.165, 1.54) is 0 Å². The zero-order valence-electron chi connectivity index (χ0n) is 29.7. The van der Waals surface area contributed by atoms with E-state index in [0.29, 0.717) is 25.8 Å². The summed E-state index contributed by atoms with van der Waals surface area (Å²) in [5.41, 5.74) is 3.64. The second kappa shape index (κ2) is 12.9. The van der Waals surface area contributed by atoms with Crippen LogP contribution in [0.5, 0.6) is 0 Å². The number of likely N-dealkylation sites (tertiary alicyclic amines) is 1. The number of hydrogen-bond acceptors (Lipinski definition) is 7. The first-order valence-electron chi connectivity index (χ1n) is 18.0. The molecular weight excluding hydrogens is 634 g/mol. The van der Waals surface area contributed by atoms with Crippen molar-refractivity contribution in [2.75, 3.05) is 12.3 Å². The third-order valence-corrected chi connectivity index (χ3v) is 14.8. The first-order chi connectivity index (χ1) is 22.2. The molecule has 13 heteroatoms. The van der Waals surface area contributed by atoms with Gasteiger partial charge in [0.1, 0.15) is 12.1 Å². The lowest BCUT2D eigenvalue weighted by Crippen LogP contribution is -2.64. The Kier molecular flexibility index (Phi) is 9.82. The van der Waals surface area contributed by atoms with Crippen LogP contribution >= 0.6 is 0 Å². The maximum absolute atomic E-state index is 14.5. The number of nitrogens with one attached hydrogen (secondary N) is 3. The zero-order chi connectivity index (χ0) is 35.4. The van der Waals surface area contributed by atoms with Gasteiger partial charge in [0.25, 0.3) is 5.91 Å². The third-order valence-electron chi connectivity index (χ3n) is 12.0. The van der Waals surface area contributed by atoms with Crippen molar-refractivity contribution < 1.29 is 32.4 Å². The second-order valence-electron chi connectivity index (χ2n) is 17.6. The number of piperidine rings is 1. The first-order valence-corrected chi connectivity index (χ1v) is 19.6. The number of ketones is 1. The van der Waals surface area contributed by atoms with Crippen LogP contribution < -0.4 is 21.7 Å².